The summed E-state index contributed by atoms with van der Waals surface area (Å²) in [6.07, 6.45) is 3.58. The monoisotopic (exact) mass is 437 g/mol. The molecule has 168 valence electrons. The minimum absolute atomic E-state index is 0.0220. The molecule has 1 aliphatic carbocycles. The lowest BCUT2D eigenvalue weighted by Gasteiger charge is -2.34. The van der Waals surface area contributed by atoms with Crippen LogP contribution in [0.4, 0.5) is 5.69 Å². The Morgan fingerprint density at radius 1 is 0.938 bits per heavy atom. The smallest absolute Gasteiger partial charge is 0.337 e. The molecule has 2 N–H and O–H groups in total. The third-order valence-electron chi connectivity index (χ3n) is 6.45. The van der Waals surface area contributed by atoms with Crippen LogP contribution in [0.1, 0.15) is 67.2 Å². The van der Waals surface area contributed by atoms with E-state index in [-0.39, 0.29) is 29.0 Å². The SMILES string of the molecule is CC(C)N(c1cc2oc3cc(C(=O)O)ccc3c2cc1C(=O)O)C(=O)[C@H]1CC[C@H](C)CC1. The van der Waals surface area contributed by atoms with Crippen LogP contribution in [0.25, 0.3) is 21.9 Å². The Morgan fingerprint density at radius 2 is 1.59 bits per heavy atom. The van der Waals surface area contributed by atoms with Gasteiger partial charge in [-0.05, 0) is 69.7 Å². The molecule has 7 heteroatoms. The molecule has 0 radical (unpaired) electrons. The number of fused-ring (bicyclic) bond motifs is 3. The Hall–Kier alpha value is -3.35. The zero-order valence-corrected chi connectivity index (χ0v) is 18.4. The van der Waals surface area contributed by atoms with E-state index >= 15 is 0 Å². The second kappa shape index (κ2) is 8.30. The maximum absolute atomic E-state index is 13.5. The van der Waals surface area contributed by atoms with E-state index in [2.05, 4.69) is 6.92 Å². The number of carboxylic acids is 2. The van der Waals surface area contributed by atoms with E-state index in [1.807, 2.05) is 13.8 Å². The lowest BCUT2D eigenvalue weighted by atomic mass is 9.82. The summed E-state index contributed by atoms with van der Waals surface area (Å²) in [7, 11) is 0. The van der Waals surface area contributed by atoms with Gasteiger partial charge in [0, 0.05) is 28.8 Å². The summed E-state index contributed by atoms with van der Waals surface area (Å²) in [5, 5.41) is 20.4. The number of aromatic carboxylic acids is 2. The fourth-order valence-electron chi connectivity index (χ4n) is 4.67. The molecule has 2 aromatic carbocycles. The molecule has 0 atom stereocenters. The minimum Gasteiger partial charge on any atom is -0.478 e. The number of nitrogens with zero attached hydrogens (tertiary/aromatic N) is 1. The van der Waals surface area contributed by atoms with E-state index < -0.39 is 11.9 Å². The Bertz CT molecular complexity index is 1220. The fourth-order valence-corrected chi connectivity index (χ4v) is 4.67. The number of hydrogen-bond acceptors (Lipinski definition) is 4. The molecule has 1 aromatic heterocycles. The molecule has 1 saturated carbocycles. The minimum atomic E-state index is -1.13. The van der Waals surface area contributed by atoms with E-state index in [9.17, 15) is 24.6 Å². The predicted octanol–water partition coefficient (Wildman–Crippen LogP) is 5.55. The summed E-state index contributed by atoms with van der Waals surface area (Å²) in [5.74, 6) is -1.78. The van der Waals surface area contributed by atoms with Crippen molar-refractivity contribution in [2.75, 3.05) is 4.90 Å². The van der Waals surface area contributed by atoms with Gasteiger partial charge >= 0.3 is 11.9 Å². The summed E-state index contributed by atoms with van der Waals surface area (Å²) in [4.78, 5) is 38.6. The highest BCUT2D eigenvalue weighted by Gasteiger charge is 2.33. The molecule has 0 bridgehead atoms. The first-order valence-electron chi connectivity index (χ1n) is 11.0. The summed E-state index contributed by atoms with van der Waals surface area (Å²) >= 11 is 0. The molecule has 1 aliphatic rings. The van der Waals surface area contributed by atoms with E-state index in [1.54, 1.807) is 17.0 Å². The van der Waals surface area contributed by atoms with Gasteiger partial charge in [-0.1, -0.05) is 6.92 Å². The number of furan rings is 1. The van der Waals surface area contributed by atoms with E-state index in [1.165, 1.54) is 18.2 Å². The molecule has 0 spiro atoms. The van der Waals surface area contributed by atoms with E-state index in [0.717, 1.165) is 25.7 Å². The number of amides is 1. The van der Waals surface area contributed by atoms with Crippen LogP contribution in [-0.2, 0) is 4.79 Å². The van der Waals surface area contributed by atoms with Crippen LogP contribution in [0.15, 0.2) is 34.7 Å². The largest absolute Gasteiger partial charge is 0.478 e. The van der Waals surface area contributed by atoms with Crippen molar-refractivity contribution in [3.8, 4) is 0 Å². The second-order valence-electron chi connectivity index (χ2n) is 9.05. The standard InChI is InChI=1S/C25H27NO6/c1-13(2)26(23(27)15-6-4-14(3)5-7-15)20-12-22-18(11-19(20)25(30)31)17-9-8-16(24(28)29)10-21(17)32-22/h8-15H,4-7H2,1-3H3,(H,28,29)(H,30,31)/t14-,15-. The molecular weight excluding hydrogens is 410 g/mol. The van der Waals surface area contributed by atoms with Crippen LogP contribution in [0.5, 0.6) is 0 Å². The second-order valence-corrected chi connectivity index (χ2v) is 9.05. The lowest BCUT2D eigenvalue weighted by Crippen LogP contribution is -2.42. The van der Waals surface area contributed by atoms with Gasteiger partial charge in [0.25, 0.3) is 0 Å². The van der Waals surface area contributed by atoms with Crippen LogP contribution in [-0.4, -0.2) is 34.1 Å². The lowest BCUT2D eigenvalue weighted by molar-refractivity contribution is -0.123. The van der Waals surface area contributed by atoms with Gasteiger partial charge in [0.1, 0.15) is 11.2 Å². The summed E-state index contributed by atoms with van der Waals surface area (Å²) in [6.45, 7) is 5.93. The molecule has 0 unspecified atom stereocenters. The Kier molecular flexibility index (Phi) is 5.67. The molecule has 0 saturated heterocycles. The highest BCUT2D eigenvalue weighted by molar-refractivity contribution is 6.12. The van der Waals surface area contributed by atoms with Crippen LogP contribution in [0.2, 0.25) is 0 Å². The quantitative estimate of drug-likeness (QED) is 0.542. The number of benzene rings is 2. The highest BCUT2D eigenvalue weighted by atomic mass is 16.4. The van der Waals surface area contributed by atoms with Gasteiger partial charge in [0.2, 0.25) is 5.91 Å². The average Bonchev–Trinajstić information content (AvgIpc) is 3.10. The van der Waals surface area contributed by atoms with Crippen LogP contribution in [0.3, 0.4) is 0 Å². The van der Waals surface area contributed by atoms with Gasteiger partial charge in [0.15, 0.2) is 0 Å². The molecule has 1 fully saturated rings. The first kappa shape index (κ1) is 21.9. The summed E-state index contributed by atoms with van der Waals surface area (Å²) < 4.78 is 5.89. The summed E-state index contributed by atoms with van der Waals surface area (Å²) in [6, 6.07) is 7.38. The normalized spacial score (nSPS) is 18.9. The van der Waals surface area contributed by atoms with Crippen molar-refractivity contribution in [3.05, 3.63) is 41.5 Å². The number of anilines is 1. The van der Waals surface area contributed by atoms with Crippen LogP contribution >= 0.6 is 0 Å². The Balaban J connectivity index is 1.85. The van der Waals surface area contributed by atoms with Crippen molar-refractivity contribution >= 4 is 45.5 Å². The molecule has 32 heavy (non-hydrogen) atoms. The molecule has 0 aliphatic heterocycles. The third-order valence-corrected chi connectivity index (χ3v) is 6.45. The molecule has 7 nitrogen and oxygen atoms in total. The van der Waals surface area contributed by atoms with Gasteiger partial charge in [-0.15, -0.1) is 0 Å². The first-order valence-corrected chi connectivity index (χ1v) is 11.0. The summed E-state index contributed by atoms with van der Waals surface area (Å²) in [5.41, 5.74) is 1.19. The van der Waals surface area contributed by atoms with Crippen molar-refractivity contribution in [1.82, 2.24) is 0 Å². The van der Waals surface area contributed by atoms with E-state index in [0.29, 0.717) is 33.5 Å². The molecular formula is C25H27NO6. The molecule has 1 heterocycles. The van der Waals surface area contributed by atoms with Crippen molar-refractivity contribution in [1.29, 1.82) is 0 Å². The van der Waals surface area contributed by atoms with Crippen molar-refractivity contribution in [2.24, 2.45) is 11.8 Å². The zero-order valence-electron chi connectivity index (χ0n) is 18.4. The molecule has 4 rings (SSSR count). The van der Waals surface area contributed by atoms with Gasteiger partial charge in [0.05, 0.1) is 16.8 Å². The van der Waals surface area contributed by atoms with Crippen molar-refractivity contribution < 1.29 is 29.0 Å². The number of hydrogen-bond donors (Lipinski definition) is 2. The first-order chi connectivity index (χ1) is 15.2. The van der Waals surface area contributed by atoms with Gasteiger partial charge in [-0.3, -0.25) is 4.79 Å². The number of rotatable bonds is 5. The van der Waals surface area contributed by atoms with Crippen molar-refractivity contribution in [2.45, 2.75) is 52.5 Å². The maximum Gasteiger partial charge on any atom is 0.337 e. The maximum atomic E-state index is 13.5. The number of carbonyl (C=O) groups excluding carboxylic acids is 1. The number of carboxylic acid groups (broad SMARTS) is 2. The predicted molar refractivity (Wildman–Crippen MR) is 121 cm³/mol. The average molecular weight is 437 g/mol. The topological polar surface area (TPSA) is 108 Å². The zero-order chi connectivity index (χ0) is 23.2. The van der Waals surface area contributed by atoms with Gasteiger partial charge in [-0.25, -0.2) is 9.59 Å². The third kappa shape index (κ3) is 3.83. The fraction of sp³-hybridized carbons (Fsp3) is 0.400. The molecule has 1 amide bonds. The Labute approximate surface area is 185 Å². The molecule has 3 aromatic rings. The number of carbonyl (C=O) groups is 3. The van der Waals surface area contributed by atoms with Crippen LogP contribution < -0.4 is 4.90 Å². The van der Waals surface area contributed by atoms with Crippen molar-refractivity contribution in [3.63, 3.8) is 0 Å². The van der Waals surface area contributed by atoms with E-state index in [4.69, 9.17) is 4.42 Å². The highest BCUT2D eigenvalue weighted by Crippen LogP contribution is 2.37. The van der Waals surface area contributed by atoms with Crippen LogP contribution in [0, 0.1) is 11.8 Å². The van der Waals surface area contributed by atoms with Gasteiger partial charge in [-0.2, -0.15) is 0 Å². The van der Waals surface area contributed by atoms with Gasteiger partial charge < -0.3 is 19.5 Å². The Morgan fingerprint density at radius 3 is 2.19 bits per heavy atom.